The normalized spacial score (nSPS) is 14.9. The van der Waals surface area contributed by atoms with Gasteiger partial charge in [0.25, 0.3) is 0 Å². The summed E-state index contributed by atoms with van der Waals surface area (Å²) in [6.07, 6.45) is 8.75. The second-order valence-electron chi connectivity index (χ2n) is 12.2. The molecule has 0 N–H and O–H groups in total. The van der Waals surface area contributed by atoms with Crippen LogP contribution in [0.25, 0.3) is 44.3 Å². The Morgan fingerprint density at radius 1 is 0.729 bits per heavy atom. The molecule has 1 saturated carbocycles. The number of benzene rings is 4. The van der Waals surface area contributed by atoms with Crippen molar-refractivity contribution in [3.8, 4) is 34.0 Å². The molecule has 241 valence electrons. The number of nitrogens with zero attached hydrogens (tertiary/aromatic N) is 4. The predicted molar refractivity (Wildman–Crippen MR) is 192 cm³/mol. The second-order valence-corrected chi connectivity index (χ2v) is 12.2. The summed E-state index contributed by atoms with van der Waals surface area (Å²) in [5.74, 6) is 1.02. The van der Waals surface area contributed by atoms with Crippen LogP contribution in [0.5, 0.6) is 11.5 Å². The van der Waals surface area contributed by atoms with E-state index in [0.717, 1.165) is 22.4 Å². The van der Waals surface area contributed by atoms with Crippen LogP contribution >= 0.6 is 0 Å². The van der Waals surface area contributed by atoms with E-state index in [2.05, 4.69) is 69.1 Å². The van der Waals surface area contributed by atoms with E-state index in [1.165, 1.54) is 52.4 Å². The van der Waals surface area contributed by atoms with E-state index in [1.54, 1.807) is 24.4 Å². The molecule has 9 rings (SSSR count). The fraction of sp³-hybridized carbons (Fsp3) is 0.190. The van der Waals surface area contributed by atoms with Gasteiger partial charge >= 0.3 is 0 Å². The summed E-state index contributed by atoms with van der Waals surface area (Å²) in [4.78, 5) is 10.3. The molecule has 4 heterocycles. The Morgan fingerprint density at radius 3 is 2.12 bits per heavy atom. The van der Waals surface area contributed by atoms with Crippen LogP contribution in [-0.4, -0.2) is 21.5 Å². The van der Waals surface area contributed by atoms with Gasteiger partial charge in [0, 0.05) is 60.8 Å². The average Bonchev–Trinajstić information content (AvgIpc) is 3.79. The van der Waals surface area contributed by atoms with Crippen molar-refractivity contribution < 1.29 is 29.0 Å². The minimum Gasteiger partial charge on any atom is -0.497 e. The fourth-order valence-electron chi connectivity index (χ4n) is 7.00. The van der Waals surface area contributed by atoms with Gasteiger partial charge in [0.05, 0.1) is 11.4 Å². The number of pyridine rings is 2. The van der Waals surface area contributed by atoms with Crippen LogP contribution in [0.4, 0.5) is 11.4 Å². The molecule has 1 aliphatic carbocycles. The first-order chi connectivity index (χ1) is 24.3. The third-order valence-corrected chi connectivity index (χ3v) is 9.47. The third kappa shape index (κ3) is 5.49. The van der Waals surface area contributed by atoms with E-state index >= 15 is 0 Å². The molecule has 0 amide bonds. The maximum Gasteiger partial charge on any atom is 0.141 e. The number of hydrogen-bond donors (Lipinski definition) is 0. The molecule has 48 heavy (non-hydrogen) atoms. The Labute approximate surface area is 299 Å². The van der Waals surface area contributed by atoms with Crippen LogP contribution in [-0.2, 0) is 20.1 Å². The molecular weight excluding hydrogens is 769 g/mol. The summed E-state index contributed by atoms with van der Waals surface area (Å²) in [6.45, 7) is 1.56. The Kier molecular flexibility index (Phi) is 7.88. The number of aromatic nitrogens is 3. The van der Waals surface area contributed by atoms with Gasteiger partial charge in [0.2, 0.25) is 0 Å². The van der Waals surface area contributed by atoms with Crippen molar-refractivity contribution in [3.05, 3.63) is 133 Å². The van der Waals surface area contributed by atoms with Crippen molar-refractivity contribution in [2.24, 2.45) is 0 Å². The molecule has 6 heteroatoms. The fourth-order valence-corrected chi connectivity index (χ4v) is 7.00. The van der Waals surface area contributed by atoms with Gasteiger partial charge in [0.1, 0.15) is 5.75 Å². The van der Waals surface area contributed by atoms with Crippen LogP contribution in [0.1, 0.15) is 47.0 Å². The molecule has 7 aromatic rings. The van der Waals surface area contributed by atoms with Gasteiger partial charge in [-0.15, -0.1) is 42.0 Å². The Bertz CT molecular complexity index is 2340. The molecule has 1 radical (unpaired) electrons. The molecule has 2 aliphatic rings. The van der Waals surface area contributed by atoms with E-state index in [9.17, 15) is 0 Å². The zero-order chi connectivity index (χ0) is 34.4. The standard InChI is InChI=1S/C22H19N2.C20H17N2O.Ir/c1-2-9-16(8-1)24-21-14-4-3-10-17(21)18-11-7-12-19(22(18)24)20-13-5-6-15-23-20;1-13-10-11-18-19(14(13)2)23-20-15(16-8-4-5-12-21-16)7-6-9-17(20)22(18)3;/h3-7,10-11,13-16H,1-2,8-9H2;4-6,8-12H,1-3H3;/q2*-1;/i;3D3;. The molecule has 1 fully saturated rings. The number of ether oxygens (including phenoxy) is 1. The van der Waals surface area contributed by atoms with Gasteiger partial charge in [-0.25, -0.2) is 0 Å². The smallest absolute Gasteiger partial charge is 0.141 e. The number of fused-ring (bicyclic) bond motifs is 5. The van der Waals surface area contributed by atoms with Crippen molar-refractivity contribution in [1.82, 2.24) is 14.5 Å². The topological polar surface area (TPSA) is 43.2 Å². The average molecular weight is 808 g/mol. The quantitative estimate of drug-likeness (QED) is 0.167. The second kappa shape index (κ2) is 13.4. The maximum atomic E-state index is 8.07. The van der Waals surface area contributed by atoms with Gasteiger partial charge in [-0.3, -0.25) is 0 Å². The molecule has 0 spiro atoms. The summed E-state index contributed by atoms with van der Waals surface area (Å²) in [6, 6.07) is 39.0. The Hall–Kier alpha value is -4.77. The van der Waals surface area contributed by atoms with Crippen molar-refractivity contribution >= 4 is 33.2 Å². The first-order valence-electron chi connectivity index (χ1n) is 17.7. The molecule has 0 atom stereocenters. The molecule has 0 saturated heterocycles. The summed E-state index contributed by atoms with van der Waals surface area (Å²) in [7, 11) is 0. The van der Waals surface area contributed by atoms with Gasteiger partial charge < -0.3 is 24.2 Å². The summed E-state index contributed by atoms with van der Waals surface area (Å²) >= 11 is 0. The number of para-hydroxylation sites is 1. The van der Waals surface area contributed by atoms with Crippen molar-refractivity contribution in [1.29, 1.82) is 0 Å². The number of hydrogen-bond acceptors (Lipinski definition) is 4. The first-order valence-corrected chi connectivity index (χ1v) is 16.2. The van der Waals surface area contributed by atoms with Gasteiger partial charge in [-0.05, 0) is 84.4 Å². The summed E-state index contributed by atoms with van der Waals surface area (Å²) in [5.41, 5.74) is 9.07. The minimum absolute atomic E-state index is 0. The van der Waals surface area contributed by atoms with E-state index in [0.29, 0.717) is 40.2 Å². The molecule has 0 bridgehead atoms. The maximum absolute atomic E-state index is 8.07. The van der Waals surface area contributed by atoms with E-state index in [1.807, 2.05) is 56.4 Å². The molecule has 4 aromatic carbocycles. The largest absolute Gasteiger partial charge is 0.497 e. The van der Waals surface area contributed by atoms with Crippen LogP contribution in [0.15, 0.2) is 109 Å². The molecule has 3 aromatic heterocycles. The van der Waals surface area contributed by atoms with Crippen LogP contribution in [0.2, 0.25) is 0 Å². The van der Waals surface area contributed by atoms with Gasteiger partial charge in [-0.1, -0.05) is 72.3 Å². The molecular formula is C42H36IrN4O-2. The SMILES string of the molecule is [2H]C([2H])([2H])N1c2cc[c-]c(-c3ccccn3)c2Oc2c1ccc(C)c2C.[Ir].[c-]1ccc2c3ccccc3n(C3CCCC3)c2c1-c1ccccn1. The molecule has 5 nitrogen and oxygen atoms in total. The number of rotatable bonds is 3. The molecule has 0 unspecified atom stereocenters. The van der Waals surface area contributed by atoms with E-state index < -0.39 is 6.98 Å². The van der Waals surface area contributed by atoms with Crippen LogP contribution < -0.4 is 9.64 Å². The van der Waals surface area contributed by atoms with E-state index in [-0.39, 0.29) is 20.1 Å². The predicted octanol–water partition coefficient (Wildman–Crippen LogP) is 10.8. The third-order valence-electron chi connectivity index (χ3n) is 9.47. The summed E-state index contributed by atoms with van der Waals surface area (Å²) < 4.78 is 33.0. The van der Waals surface area contributed by atoms with Crippen LogP contribution in [0, 0.1) is 26.0 Å². The van der Waals surface area contributed by atoms with Crippen molar-refractivity contribution in [3.63, 3.8) is 0 Å². The molecule has 1 aliphatic heterocycles. The zero-order valence-corrected chi connectivity index (χ0v) is 29.2. The Morgan fingerprint density at radius 2 is 1.40 bits per heavy atom. The summed E-state index contributed by atoms with van der Waals surface area (Å²) in [5, 5.41) is 2.66. The van der Waals surface area contributed by atoms with Crippen molar-refractivity contribution in [2.45, 2.75) is 45.6 Å². The van der Waals surface area contributed by atoms with Crippen molar-refractivity contribution in [2.75, 3.05) is 11.9 Å². The number of anilines is 2. The monoisotopic (exact) mass is 808 g/mol. The van der Waals surface area contributed by atoms with Crippen LogP contribution in [0.3, 0.4) is 0 Å². The first kappa shape index (κ1) is 28.3. The van der Waals surface area contributed by atoms with Gasteiger partial charge in [0.15, 0.2) is 0 Å². The minimum atomic E-state index is -2.35. The van der Waals surface area contributed by atoms with E-state index in [4.69, 9.17) is 8.85 Å². The Balaban J connectivity index is 0.000000157. The van der Waals surface area contributed by atoms with Gasteiger partial charge in [-0.2, -0.15) is 0 Å². The number of aryl methyl sites for hydroxylation is 1. The zero-order valence-electron chi connectivity index (χ0n) is 29.8.